The van der Waals surface area contributed by atoms with Gasteiger partial charge in [-0.25, -0.2) is 14.4 Å². The average Bonchev–Trinajstić information content (AvgIpc) is 2.67. The van der Waals surface area contributed by atoms with Crippen molar-refractivity contribution in [1.82, 2.24) is 15.3 Å². The highest BCUT2D eigenvalue weighted by Crippen LogP contribution is 2.29. The molecular weight excluding hydrogens is 367 g/mol. The van der Waals surface area contributed by atoms with Crippen molar-refractivity contribution in [3.05, 3.63) is 52.2 Å². The molecule has 1 N–H and O–H groups in total. The van der Waals surface area contributed by atoms with Gasteiger partial charge in [-0.1, -0.05) is 30.7 Å². The zero-order valence-electron chi connectivity index (χ0n) is 15.6. The van der Waals surface area contributed by atoms with Crippen LogP contribution in [0.5, 0.6) is 0 Å². The number of aromatic nitrogens is 2. The Hall–Kier alpha value is -2.21. The Kier molecular flexibility index (Phi) is 6.26. The number of rotatable bonds is 5. The van der Waals surface area contributed by atoms with E-state index in [0.717, 1.165) is 49.3 Å². The molecule has 0 saturated carbocycles. The Labute approximate surface area is 164 Å². The zero-order valence-corrected chi connectivity index (χ0v) is 16.4. The van der Waals surface area contributed by atoms with E-state index in [1.807, 2.05) is 13.8 Å². The number of hydrogen-bond donors (Lipinski definition) is 1. The summed E-state index contributed by atoms with van der Waals surface area (Å²) < 4.78 is 12.9. The number of hydrogen-bond acceptors (Lipinski definition) is 4. The van der Waals surface area contributed by atoms with Crippen LogP contribution in [0, 0.1) is 18.7 Å². The van der Waals surface area contributed by atoms with Gasteiger partial charge in [0.25, 0.3) is 0 Å². The molecule has 2 heterocycles. The first-order valence-electron chi connectivity index (χ1n) is 9.28. The molecule has 1 aromatic carbocycles. The average molecular weight is 391 g/mol. The Morgan fingerprint density at radius 2 is 1.93 bits per heavy atom. The van der Waals surface area contributed by atoms with E-state index in [2.05, 4.69) is 20.2 Å². The van der Waals surface area contributed by atoms with Crippen molar-refractivity contribution in [3.63, 3.8) is 0 Å². The molecule has 27 heavy (non-hydrogen) atoms. The number of aryl methyl sites for hydroxylation is 1. The molecule has 1 aromatic heterocycles. The summed E-state index contributed by atoms with van der Waals surface area (Å²) >= 11 is 6.28. The predicted octanol–water partition coefficient (Wildman–Crippen LogP) is 3.67. The van der Waals surface area contributed by atoms with Crippen molar-refractivity contribution < 1.29 is 9.18 Å². The molecule has 7 heteroatoms. The molecule has 1 saturated heterocycles. The molecule has 0 bridgehead atoms. The van der Waals surface area contributed by atoms with Gasteiger partial charge in [-0.15, -0.1) is 0 Å². The monoisotopic (exact) mass is 390 g/mol. The molecule has 0 spiro atoms. The lowest BCUT2D eigenvalue weighted by Crippen LogP contribution is -2.41. The minimum atomic E-state index is -0.274. The predicted molar refractivity (Wildman–Crippen MR) is 104 cm³/mol. The molecule has 1 fully saturated rings. The van der Waals surface area contributed by atoms with Crippen molar-refractivity contribution in [3.8, 4) is 0 Å². The lowest BCUT2D eigenvalue weighted by molar-refractivity contribution is -0.125. The van der Waals surface area contributed by atoms with E-state index in [1.165, 1.54) is 12.1 Å². The normalized spacial score (nSPS) is 15.0. The molecule has 1 aliphatic heterocycles. The fraction of sp³-hybridized carbons (Fsp3) is 0.450. The maximum absolute atomic E-state index is 12.9. The van der Waals surface area contributed by atoms with E-state index in [4.69, 9.17) is 11.6 Å². The molecule has 0 atom stereocenters. The quantitative estimate of drug-likeness (QED) is 0.791. The van der Waals surface area contributed by atoms with Gasteiger partial charge in [0.2, 0.25) is 5.91 Å². The summed E-state index contributed by atoms with van der Waals surface area (Å²) in [5.41, 5.74) is 1.85. The topological polar surface area (TPSA) is 58.1 Å². The van der Waals surface area contributed by atoms with Crippen LogP contribution in [0.3, 0.4) is 0 Å². The highest BCUT2D eigenvalue weighted by Gasteiger charge is 2.27. The lowest BCUT2D eigenvalue weighted by Gasteiger charge is -2.33. The molecule has 2 aromatic rings. The summed E-state index contributed by atoms with van der Waals surface area (Å²) in [6.45, 7) is 5.81. The Balaban J connectivity index is 1.57. The maximum Gasteiger partial charge on any atom is 0.223 e. The largest absolute Gasteiger partial charge is 0.356 e. The van der Waals surface area contributed by atoms with Crippen LogP contribution < -0.4 is 10.2 Å². The minimum absolute atomic E-state index is 0.0230. The number of anilines is 1. The van der Waals surface area contributed by atoms with Gasteiger partial charge >= 0.3 is 0 Å². The number of piperidine rings is 1. The molecule has 144 valence electrons. The standard InChI is InChI=1S/C20H24ClFN4O/c1-3-17-18(21)24-13(2)25-19(17)26-10-8-15(9-11-26)20(27)23-12-14-4-6-16(22)7-5-14/h4-7,15H,3,8-12H2,1-2H3,(H,23,27). The van der Waals surface area contributed by atoms with Crippen LogP contribution in [0.25, 0.3) is 0 Å². The van der Waals surface area contributed by atoms with Crippen molar-refractivity contribution in [1.29, 1.82) is 0 Å². The Morgan fingerprint density at radius 3 is 2.56 bits per heavy atom. The van der Waals surface area contributed by atoms with E-state index in [0.29, 0.717) is 17.5 Å². The summed E-state index contributed by atoms with van der Waals surface area (Å²) in [4.78, 5) is 23.5. The molecular formula is C20H24ClFN4O. The summed E-state index contributed by atoms with van der Waals surface area (Å²) in [6.07, 6.45) is 2.30. The Bertz CT molecular complexity index is 804. The van der Waals surface area contributed by atoms with Gasteiger partial charge in [0.05, 0.1) is 0 Å². The summed E-state index contributed by atoms with van der Waals surface area (Å²) in [7, 11) is 0. The van der Waals surface area contributed by atoms with E-state index >= 15 is 0 Å². The number of carbonyl (C=O) groups excluding carboxylic acids is 1. The van der Waals surface area contributed by atoms with Crippen molar-refractivity contribution in [2.24, 2.45) is 5.92 Å². The second-order valence-corrected chi connectivity index (χ2v) is 7.18. The number of nitrogens with one attached hydrogen (secondary N) is 1. The lowest BCUT2D eigenvalue weighted by atomic mass is 9.95. The van der Waals surface area contributed by atoms with Gasteiger partial charge in [-0.2, -0.15) is 0 Å². The van der Waals surface area contributed by atoms with Crippen LogP contribution in [0.2, 0.25) is 5.15 Å². The number of benzene rings is 1. The van der Waals surface area contributed by atoms with E-state index in [1.54, 1.807) is 12.1 Å². The third kappa shape index (κ3) is 4.75. The first kappa shape index (κ1) is 19.5. The van der Waals surface area contributed by atoms with Crippen LogP contribution in [-0.2, 0) is 17.8 Å². The number of halogens is 2. The fourth-order valence-electron chi connectivity index (χ4n) is 3.40. The molecule has 1 amide bonds. The van der Waals surface area contributed by atoms with Crippen molar-refractivity contribution in [2.75, 3.05) is 18.0 Å². The van der Waals surface area contributed by atoms with Crippen LogP contribution in [-0.4, -0.2) is 29.0 Å². The smallest absolute Gasteiger partial charge is 0.223 e. The van der Waals surface area contributed by atoms with Gasteiger partial charge < -0.3 is 10.2 Å². The second kappa shape index (κ2) is 8.65. The van der Waals surface area contributed by atoms with E-state index in [9.17, 15) is 9.18 Å². The molecule has 3 rings (SSSR count). The summed E-state index contributed by atoms with van der Waals surface area (Å²) in [5.74, 6) is 1.30. The van der Waals surface area contributed by atoms with Crippen molar-refractivity contribution in [2.45, 2.75) is 39.7 Å². The van der Waals surface area contributed by atoms with Gasteiger partial charge in [0.15, 0.2) is 0 Å². The van der Waals surface area contributed by atoms with E-state index < -0.39 is 0 Å². The van der Waals surface area contributed by atoms with Gasteiger partial charge in [-0.3, -0.25) is 4.79 Å². The Morgan fingerprint density at radius 1 is 1.26 bits per heavy atom. The fourth-order valence-corrected chi connectivity index (χ4v) is 3.74. The van der Waals surface area contributed by atoms with Crippen LogP contribution in [0.4, 0.5) is 10.2 Å². The third-order valence-corrected chi connectivity index (χ3v) is 5.26. The molecule has 0 radical (unpaired) electrons. The summed E-state index contributed by atoms with van der Waals surface area (Å²) in [5, 5.41) is 3.47. The van der Waals surface area contributed by atoms with Crippen LogP contribution >= 0.6 is 11.6 Å². The van der Waals surface area contributed by atoms with Crippen LogP contribution in [0.1, 0.15) is 36.7 Å². The minimum Gasteiger partial charge on any atom is -0.356 e. The second-order valence-electron chi connectivity index (χ2n) is 6.82. The first-order valence-corrected chi connectivity index (χ1v) is 9.65. The van der Waals surface area contributed by atoms with Crippen molar-refractivity contribution >= 4 is 23.3 Å². The molecule has 0 aliphatic carbocycles. The van der Waals surface area contributed by atoms with Gasteiger partial charge in [0.1, 0.15) is 22.6 Å². The first-order chi connectivity index (χ1) is 13.0. The number of carbonyl (C=O) groups is 1. The third-order valence-electron chi connectivity index (χ3n) is 4.95. The summed E-state index contributed by atoms with van der Waals surface area (Å²) in [6, 6.07) is 6.18. The van der Waals surface area contributed by atoms with Gasteiger partial charge in [0, 0.05) is 31.1 Å². The van der Waals surface area contributed by atoms with Gasteiger partial charge in [-0.05, 0) is 43.9 Å². The SMILES string of the molecule is CCc1c(Cl)nc(C)nc1N1CCC(C(=O)NCc2ccc(F)cc2)CC1. The molecule has 5 nitrogen and oxygen atoms in total. The van der Waals surface area contributed by atoms with Crippen LogP contribution in [0.15, 0.2) is 24.3 Å². The molecule has 0 unspecified atom stereocenters. The highest BCUT2D eigenvalue weighted by atomic mass is 35.5. The zero-order chi connectivity index (χ0) is 19.4. The van der Waals surface area contributed by atoms with E-state index in [-0.39, 0.29) is 17.6 Å². The number of amides is 1. The highest BCUT2D eigenvalue weighted by molar-refractivity contribution is 6.30. The molecule has 1 aliphatic rings. The maximum atomic E-state index is 12.9. The number of nitrogens with zero attached hydrogens (tertiary/aromatic N) is 3.